The highest BCUT2D eigenvalue weighted by Crippen LogP contribution is 2.63. The third kappa shape index (κ3) is 4.10. The monoisotopic (exact) mass is 452 g/mol. The van der Waals surface area contributed by atoms with Crippen molar-refractivity contribution in [1.29, 1.82) is 0 Å². The van der Waals surface area contributed by atoms with E-state index in [0.29, 0.717) is 30.2 Å². The van der Waals surface area contributed by atoms with E-state index in [1.807, 2.05) is 6.92 Å². The van der Waals surface area contributed by atoms with Gasteiger partial charge in [0.25, 0.3) is 0 Å². The number of hydrogen-bond acceptors (Lipinski definition) is 2. The summed E-state index contributed by atoms with van der Waals surface area (Å²) in [5.74, 6) is 2.21. The van der Waals surface area contributed by atoms with Gasteiger partial charge in [-0.05, 0) is 97.6 Å². The van der Waals surface area contributed by atoms with E-state index in [4.69, 9.17) is 6.42 Å². The molecule has 2 fully saturated rings. The molecule has 4 aliphatic rings. The van der Waals surface area contributed by atoms with Crippen molar-refractivity contribution >= 4 is 5.78 Å². The van der Waals surface area contributed by atoms with E-state index < -0.39 is 11.6 Å². The van der Waals surface area contributed by atoms with Gasteiger partial charge in [-0.25, -0.2) is 8.78 Å². The second kappa shape index (κ2) is 9.18. The fourth-order valence-electron chi connectivity index (χ4n) is 6.80. The molecule has 0 bridgehead atoms. The van der Waals surface area contributed by atoms with E-state index in [0.717, 1.165) is 44.1 Å². The molecule has 2 nitrogen and oxygen atoms in total. The van der Waals surface area contributed by atoms with Gasteiger partial charge in [0.1, 0.15) is 11.6 Å². The molecule has 5 atom stereocenters. The van der Waals surface area contributed by atoms with Crippen LogP contribution in [0.2, 0.25) is 0 Å². The first-order valence-corrected chi connectivity index (χ1v) is 12.2. The van der Waals surface area contributed by atoms with Gasteiger partial charge in [-0.3, -0.25) is 4.79 Å². The zero-order valence-corrected chi connectivity index (χ0v) is 19.9. The summed E-state index contributed by atoms with van der Waals surface area (Å²) in [6, 6.07) is 2.98. The predicted octanol–water partition coefficient (Wildman–Crippen LogP) is 6.56. The minimum atomic E-state index is -0.508. The Balaban J connectivity index is 0.000000601. The molecule has 4 aliphatic carbocycles. The molecule has 1 aromatic carbocycles. The molecule has 0 aliphatic heterocycles. The number of carbonyl (C=O) groups is 1. The first-order valence-electron chi connectivity index (χ1n) is 12.2. The summed E-state index contributed by atoms with van der Waals surface area (Å²) >= 11 is 0. The van der Waals surface area contributed by atoms with Gasteiger partial charge in [0.05, 0.1) is 6.10 Å². The number of ketones is 1. The standard InChI is InChI=1S/C25H28F2O2.C4H6/c1-13-21(26)10-15(11-22(13)27)19-12-25(2)20(7-8-23(25)29)18-5-3-14-9-16(28)4-6-17(14)24(18)19;1-3-4-2/h9-11,18-20,23,29H,3-8,12H2,1-2H3;1H,4H2,2H3. The Morgan fingerprint density at radius 1 is 1.15 bits per heavy atom. The van der Waals surface area contributed by atoms with Gasteiger partial charge in [-0.2, -0.15) is 0 Å². The lowest BCUT2D eigenvalue weighted by atomic mass is 9.53. The van der Waals surface area contributed by atoms with Crippen LogP contribution in [0.1, 0.15) is 82.3 Å². The molecular formula is C29H34F2O2. The molecule has 2 saturated carbocycles. The average molecular weight is 453 g/mol. The van der Waals surface area contributed by atoms with Gasteiger partial charge in [0, 0.05) is 24.3 Å². The minimum absolute atomic E-state index is 0.0521. The third-order valence-corrected chi connectivity index (χ3v) is 8.59. The van der Waals surface area contributed by atoms with Gasteiger partial charge in [-0.15, -0.1) is 12.3 Å². The highest BCUT2D eigenvalue weighted by atomic mass is 19.1. The van der Waals surface area contributed by atoms with Gasteiger partial charge >= 0.3 is 0 Å². The number of rotatable bonds is 1. The SMILES string of the molecule is C#CCC.Cc1c(F)cc(C2CC3(C)C(O)CCC3C3CCC4=CC(=O)CCC4=C23)cc1F. The summed E-state index contributed by atoms with van der Waals surface area (Å²) < 4.78 is 29.0. The molecule has 1 aromatic rings. The van der Waals surface area contributed by atoms with E-state index in [2.05, 4.69) is 12.8 Å². The number of terminal acetylenes is 1. The van der Waals surface area contributed by atoms with Crippen molar-refractivity contribution < 1.29 is 18.7 Å². The molecular weight excluding hydrogens is 418 g/mol. The molecule has 176 valence electrons. The second-order valence-electron chi connectivity index (χ2n) is 10.3. The Labute approximate surface area is 196 Å². The topological polar surface area (TPSA) is 37.3 Å². The highest BCUT2D eigenvalue weighted by Gasteiger charge is 2.56. The van der Waals surface area contributed by atoms with Gasteiger partial charge in [0.2, 0.25) is 0 Å². The number of carbonyl (C=O) groups excluding carboxylic acids is 1. The maximum atomic E-state index is 14.5. The Morgan fingerprint density at radius 3 is 2.45 bits per heavy atom. The molecule has 5 rings (SSSR count). The quantitative estimate of drug-likeness (QED) is 0.490. The van der Waals surface area contributed by atoms with E-state index in [1.54, 1.807) is 6.08 Å². The number of allylic oxidation sites excluding steroid dienone is 4. The molecule has 0 spiro atoms. The lowest BCUT2D eigenvalue weighted by Crippen LogP contribution is -2.45. The molecule has 0 saturated heterocycles. The van der Waals surface area contributed by atoms with Crippen molar-refractivity contribution in [2.75, 3.05) is 0 Å². The lowest BCUT2D eigenvalue weighted by molar-refractivity contribution is -0.114. The first-order chi connectivity index (χ1) is 15.7. The van der Waals surface area contributed by atoms with Crippen LogP contribution >= 0.6 is 0 Å². The maximum absolute atomic E-state index is 14.5. The summed E-state index contributed by atoms with van der Waals surface area (Å²) in [7, 11) is 0. The average Bonchev–Trinajstić information content (AvgIpc) is 3.10. The fraction of sp³-hybridized carbons (Fsp3) is 0.552. The van der Waals surface area contributed by atoms with Crippen molar-refractivity contribution in [3.05, 3.63) is 57.7 Å². The molecule has 0 heterocycles. The van der Waals surface area contributed by atoms with Crippen molar-refractivity contribution in [2.45, 2.75) is 84.2 Å². The predicted molar refractivity (Wildman–Crippen MR) is 126 cm³/mol. The molecule has 5 unspecified atom stereocenters. The molecule has 4 heteroatoms. The van der Waals surface area contributed by atoms with Crippen LogP contribution < -0.4 is 0 Å². The van der Waals surface area contributed by atoms with E-state index in [1.165, 1.54) is 30.2 Å². The van der Waals surface area contributed by atoms with Crippen molar-refractivity contribution in [3.8, 4) is 12.3 Å². The fourth-order valence-corrected chi connectivity index (χ4v) is 6.80. The van der Waals surface area contributed by atoms with Crippen molar-refractivity contribution in [2.24, 2.45) is 17.3 Å². The number of hydrogen-bond donors (Lipinski definition) is 1. The number of aliphatic hydroxyl groups excluding tert-OH is 1. The molecule has 1 N–H and O–H groups in total. The van der Waals surface area contributed by atoms with Crippen LogP contribution in [0.3, 0.4) is 0 Å². The Morgan fingerprint density at radius 2 is 1.82 bits per heavy atom. The Hall–Kier alpha value is -2.25. The van der Waals surface area contributed by atoms with Crippen LogP contribution in [0, 0.1) is 48.2 Å². The highest BCUT2D eigenvalue weighted by molar-refractivity contribution is 5.93. The van der Waals surface area contributed by atoms with Crippen molar-refractivity contribution in [3.63, 3.8) is 0 Å². The smallest absolute Gasteiger partial charge is 0.156 e. The molecule has 0 aromatic heterocycles. The zero-order valence-electron chi connectivity index (χ0n) is 19.9. The van der Waals surface area contributed by atoms with Crippen LogP contribution in [0.15, 0.2) is 34.9 Å². The van der Waals surface area contributed by atoms with Crippen LogP contribution in [-0.4, -0.2) is 17.0 Å². The number of benzene rings is 1. The van der Waals surface area contributed by atoms with Crippen LogP contribution in [0.25, 0.3) is 0 Å². The van der Waals surface area contributed by atoms with Crippen LogP contribution in [0.5, 0.6) is 0 Å². The van der Waals surface area contributed by atoms with E-state index in [-0.39, 0.29) is 28.8 Å². The van der Waals surface area contributed by atoms with E-state index in [9.17, 15) is 18.7 Å². The summed E-state index contributed by atoms with van der Waals surface area (Å²) in [4.78, 5) is 12.0. The number of halogens is 2. The summed E-state index contributed by atoms with van der Waals surface area (Å²) in [6.07, 6.45) is 12.7. The first kappa shape index (κ1) is 23.9. The largest absolute Gasteiger partial charge is 0.393 e. The summed E-state index contributed by atoms with van der Waals surface area (Å²) in [5.41, 5.74) is 4.19. The lowest BCUT2D eigenvalue weighted by Gasteiger charge is -2.52. The van der Waals surface area contributed by atoms with E-state index >= 15 is 0 Å². The van der Waals surface area contributed by atoms with Gasteiger partial charge in [0.15, 0.2) is 5.78 Å². The minimum Gasteiger partial charge on any atom is -0.393 e. The Bertz CT molecular complexity index is 1040. The number of fused-ring (bicyclic) bond motifs is 4. The normalized spacial score (nSPS) is 32.6. The van der Waals surface area contributed by atoms with Gasteiger partial charge in [-0.1, -0.05) is 19.4 Å². The van der Waals surface area contributed by atoms with Gasteiger partial charge < -0.3 is 5.11 Å². The Kier molecular flexibility index (Phi) is 6.65. The molecule has 33 heavy (non-hydrogen) atoms. The zero-order chi connectivity index (χ0) is 23.9. The molecule has 0 amide bonds. The summed E-state index contributed by atoms with van der Waals surface area (Å²) in [5, 5.41) is 10.8. The third-order valence-electron chi connectivity index (χ3n) is 8.59. The summed E-state index contributed by atoms with van der Waals surface area (Å²) in [6.45, 7) is 5.58. The van der Waals surface area contributed by atoms with Crippen LogP contribution in [-0.2, 0) is 4.79 Å². The number of aliphatic hydroxyl groups is 1. The van der Waals surface area contributed by atoms with Crippen molar-refractivity contribution in [1.82, 2.24) is 0 Å². The van der Waals surface area contributed by atoms with Crippen LogP contribution in [0.4, 0.5) is 8.78 Å². The maximum Gasteiger partial charge on any atom is 0.156 e. The second-order valence-corrected chi connectivity index (χ2v) is 10.3. The molecule has 0 radical (unpaired) electrons.